The van der Waals surface area contributed by atoms with E-state index in [4.69, 9.17) is 19.3 Å². The van der Waals surface area contributed by atoms with E-state index in [0.29, 0.717) is 12.2 Å². The predicted molar refractivity (Wildman–Crippen MR) is 132 cm³/mol. The molecule has 0 radical (unpaired) electrons. The summed E-state index contributed by atoms with van der Waals surface area (Å²) in [4.78, 5) is -0.373. The number of phenolic OH excluding ortho intramolecular Hbond substituents is 1. The molecule has 0 bridgehead atoms. The predicted octanol–water partition coefficient (Wildman–Crippen LogP) is 3.77. The van der Waals surface area contributed by atoms with Gasteiger partial charge in [-0.3, -0.25) is 0 Å². The Balaban J connectivity index is 0.000000303. The number of aryl methyl sites for hydroxylation is 2. The molecule has 0 aliphatic carbocycles. The number of ether oxygens (including phenoxy) is 3. The van der Waals surface area contributed by atoms with Crippen molar-refractivity contribution < 1.29 is 36.9 Å². The highest BCUT2D eigenvalue weighted by atomic mass is 32.2. The molecule has 8 nitrogen and oxygen atoms in total. The van der Waals surface area contributed by atoms with Gasteiger partial charge in [0.25, 0.3) is 0 Å². The minimum Gasteiger partial charge on any atom is -0.744 e. The van der Waals surface area contributed by atoms with Crippen molar-refractivity contribution >= 4 is 22.3 Å². The smallest absolute Gasteiger partial charge is 0.191 e. The van der Waals surface area contributed by atoms with Gasteiger partial charge in [-0.2, -0.15) is 0 Å². The number of hydrogen-bond acceptors (Lipinski definition) is 7. The zero-order valence-electron chi connectivity index (χ0n) is 20.2. The number of rotatable bonds is 9. The van der Waals surface area contributed by atoms with Crippen LogP contribution in [0.1, 0.15) is 23.6 Å². The summed E-state index contributed by atoms with van der Waals surface area (Å²) >= 11 is 0. The number of pyridine rings is 1. The standard InChI is InChI=1S/C19H24NO3.C7H8O4S/c1-4-20-13-11-17(12-14-20)6-5-16-7-9-18(10-8-16)23-15-19(21-2)22-3;1-5-2-3-6(8)4-7(5)12(9,10)11/h5-14,19H,4,15H2,1-3H3;2-4,8H,1H3,(H,9,10,11)/q+1;/p-1. The third-order valence-corrected chi connectivity index (χ3v) is 5.96. The van der Waals surface area contributed by atoms with Crippen LogP contribution in [-0.2, 0) is 26.1 Å². The second-order valence-corrected chi connectivity index (χ2v) is 8.83. The van der Waals surface area contributed by atoms with Gasteiger partial charge in [0.1, 0.15) is 34.8 Å². The molecule has 0 atom stereocenters. The molecule has 0 amide bonds. The summed E-state index contributed by atoms with van der Waals surface area (Å²) in [6.45, 7) is 4.97. The molecule has 0 unspecified atom stereocenters. The molecule has 1 N–H and O–H groups in total. The molecule has 3 aromatic rings. The van der Waals surface area contributed by atoms with Gasteiger partial charge in [-0.1, -0.05) is 30.4 Å². The first kappa shape index (κ1) is 28.0. The summed E-state index contributed by atoms with van der Waals surface area (Å²) in [6.07, 6.45) is 8.00. The maximum Gasteiger partial charge on any atom is 0.191 e. The number of aromatic nitrogens is 1. The van der Waals surface area contributed by atoms with Crippen molar-refractivity contribution in [2.45, 2.75) is 31.6 Å². The van der Waals surface area contributed by atoms with E-state index < -0.39 is 10.1 Å². The molecule has 188 valence electrons. The fourth-order valence-corrected chi connectivity index (χ4v) is 3.64. The lowest BCUT2D eigenvalue weighted by Gasteiger charge is -2.14. The molecule has 35 heavy (non-hydrogen) atoms. The molecule has 1 heterocycles. The highest BCUT2D eigenvalue weighted by Crippen LogP contribution is 2.20. The average molecular weight is 502 g/mol. The Morgan fingerprint density at radius 1 is 0.971 bits per heavy atom. The van der Waals surface area contributed by atoms with Crippen LogP contribution in [-0.4, -0.2) is 45.2 Å². The van der Waals surface area contributed by atoms with Crippen molar-refractivity contribution in [3.8, 4) is 11.5 Å². The third-order valence-electron chi connectivity index (χ3n) is 4.98. The number of methoxy groups -OCH3 is 2. The molecule has 3 rings (SSSR count). The monoisotopic (exact) mass is 501 g/mol. The lowest BCUT2D eigenvalue weighted by atomic mass is 10.1. The van der Waals surface area contributed by atoms with Crippen molar-refractivity contribution in [3.05, 3.63) is 83.7 Å². The largest absolute Gasteiger partial charge is 0.744 e. The van der Waals surface area contributed by atoms with Crippen LogP contribution in [0.5, 0.6) is 11.5 Å². The Bertz CT molecular complexity index is 1190. The summed E-state index contributed by atoms with van der Waals surface area (Å²) in [5.74, 6) is 0.569. The van der Waals surface area contributed by atoms with Gasteiger partial charge in [-0.25, -0.2) is 13.0 Å². The minimum atomic E-state index is -4.47. The fraction of sp³-hybridized carbons (Fsp3) is 0.269. The van der Waals surface area contributed by atoms with Gasteiger partial charge in [-0.05, 0) is 54.8 Å². The van der Waals surface area contributed by atoms with Crippen LogP contribution in [0.25, 0.3) is 12.2 Å². The van der Waals surface area contributed by atoms with E-state index in [9.17, 15) is 13.0 Å². The number of aromatic hydroxyl groups is 1. The highest BCUT2D eigenvalue weighted by molar-refractivity contribution is 7.85. The van der Waals surface area contributed by atoms with E-state index in [2.05, 4.69) is 48.2 Å². The molecule has 2 aromatic carbocycles. The maximum atomic E-state index is 10.5. The Hall–Kier alpha value is -3.24. The number of nitrogens with zero attached hydrogens (tertiary/aromatic N) is 1. The number of hydrogen-bond donors (Lipinski definition) is 1. The third kappa shape index (κ3) is 9.50. The van der Waals surface area contributed by atoms with Crippen molar-refractivity contribution in [2.24, 2.45) is 0 Å². The van der Waals surface area contributed by atoms with Crippen molar-refractivity contribution in [1.29, 1.82) is 0 Å². The van der Waals surface area contributed by atoms with Crippen LogP contribution < -0.4 is 9.30 Å². The van der Waals surface area contributed by atoms with Gasteiger partial charge >= 0.3 is 0 Å². The highest BCUT2D eigenvalue weighted by Gasteiger charge is 2.06. The molecule has 1 aromatic heterocycles. The van der Waals surface area contributed by atoms with E-state index in [1.807, 2.05) is 24.3 Å². The van der Waals surface area contributed by atoms with Crippen LogP contribution in [0.15, 0.2) is 71.9 Å². The Morgan fingerprint density at radius 2 is 1.54 bits per heavy atom. The first-order chi connectivity index (χ1) is 16.7. The molecular weight excluding hydrogens is 470 g/mol. The van der Waals surface area contributed by atoms with Crippen LogP contribution in [0.2, 0.25) is 0 Å². The summed E-state index contributed by atoms with van der Waals surface area (Å²) in [6, 6.07) is 15.8. The summed E-state index contributed by atoms with van der Waals surface area (Å²) in [7, 11) is -1.28. The van der Waals surface area contributed by atoms with Gasteiger partial charge in [0, 0.05) is 26.4 Å². The van der Waals surface area contributed by atoms with Gasteiger partial charge in [0.05, 0.1) is 4.90 Å². The van der Waals surface area contributed by atoms with Gasteiger partial charge in [-0.15, -0.1) is 0 Å². The van der Waals surface area contributed by atoms with Gasteiger partial charge < -0.3 is 23.9 Å². The molecule has 0 aliphatic heterocycles. The van der Waals surface area contributed by atoms with E-state index >= 15 is 0 Å². The average Bonchev–Trinajstić information content (AvgIpc) is 2.85. The van der Waals surface area contributed by atoms with Crippen LogP contribution in [0, 0.1) is 6.92 Å². The summed E-state index contributed by atoms with van der Waals surface area (Å²) in [5, 5.41) is 8.90. The van der Waals surface area contributed by atoms with Crippen LogP contribution in [0.3, 0.4) is 0 Å². The maximum absolute atomic E-state index is 10.5. The lowest BCUT2D eigenvalue weighted by Crippen LogP contribution is -2.30. The molecule has 0 fully saturated rings. The van der Waals surface area contributed by atoms with E-state index in [1.165, 1.54) is 24.6 Å². The quantitative estimate of drug-likeness (QED) is 0.270. The molecule has 0 saturated carbocycles. The lowest BCUT2D eigenvalue weighted by molar-refractivity contribution is -0.693. The molecule has 9 heteroatoms. The zero-order valence-corrected chi connectivity index (χ0v) is 21.1. The Labute approximate surface area is 206 Å². The molecule has 0 aliphatic rings. The number of benzene rings is 2. The van der Waals surface area contributed by atoms with Crippen LogP contribution >= 0.6 is 0 Å². The Morgan fingerprint density at radius 3 is 2.03 bits per heavy atom. The van der Waals surface area contributed by atoms with E-state index in [1.54, 1.807) is 14.2 Å². The molecule has 0 spiro atoms. The fourth-order valence-electron chi connectivity index (χ4n) is 2.91. The van der Waals surface area contributed by atoms with Crippen molar-refractivity contribution in [3.63, 3.8) is 0 Å². The van der Waals surface area contributed by atoms with E-state index in [0.717, 1.165) is 23.9 Å². The topological polar surface area (TPSA) is 109 Å². The van der Waals surface area contributed by atoms with Crippen LogP contribution in [0.4, 0.5) is 0 Å². The first-order valence-corrected chi connectivity index (χ1v) is 12.3. The number of phenols is 1. The normalized spacial score (nSPS) is 11.4. The summed E-state index contributed by atoms with van der Waals surface area (Å²) in [5.41, 5.74) is 2.64. The zero-order chi connectivity index (χ0) is 25.8. The minimum absolute atomic E-state index is 0.227. The second-order valence-electron chi connectivity index (χ2n) is 7.48. The van der Waals surface area contributed by atoms with Gasteiger partial charge in [0.2, 0.25) is 0 Å². The summed E-state index contributed by atoms with van der Waals surface area (Å²) < 4.78 is 49.5. The van der Waals surface area contributed by atoms with Gasteiger partial charge in [0.15, 0.2) is 18.7 Å². The van der Waals surface area contributed by atoms with E-state index in [-0.39, 0.29) is 16.9 Å². The second kappa shape index (κ2) is 13.6. The first-order valence-electron chi connectivity index (χ1n) is 10.9. The van der Waals surface area contributed by atoms with Crippen molar-refractivity contribution in [1.82, 2.24) is 0 Å². The Kier molecular flexibility index (Phi) is 10.9. The SMILES string of the molecule is CC[n+]1ccc(C=Cc2ccc(OCC(OC)OC)cc2)cc1.Cc1ccc(O)cc1S(=O)(=O)[O-]. The van der Waals surface area contributed by atoms with Crippen molar-refractivity contribution in [2.75, 3.05) is 20.8 Å². The molecule has 0 saturated heterocycles. The molecular formula is C26H31NO7S.